The van der Waals surface area contributed by atoms with Gasteiger partial charge in [0, 0.05) is 16.9 Å². The Hall–Kier alpha value is -1.56. The highest BCUT2D eigenvalue weighted by atomic mass is 32.2. The second-order valence-electron chi connectivity index (χ2n) is 4.97. The van der Waals surface area contributed by atoms with Crippen molar-refractivity contribution in [3.8, 4) is 0 Å². The molecule has 100 valence electrons. The van der Waals surface area contributed by atoms with Crippen molar-refractivity contribution in [2.75, 3.05) is 5.75 Å². The van der Waals surface area contributed by atoms with Gasteiger partial charge < -0.3 is 11.5 Å². The highest BCUT2D eigenvalue weighted by Crippen LogP contribution is 2.59. The van der Waals surface area contributed by atoms with Gasteiger partial charge in [0.1, 0.15) is 5.82 Å². The Bertz CT molecular complexity index is 589. The van der Waals surface area contributed by atoms with Gasteiger partial charge in [-0.05, 0) is 37.0 Å². The smallest absolute Gasteiger partial charge is 0.248 e. The van der Waals surface area contributed by atoms with Gasteiger partial charge in [0.05, 0.1) is 5.54 Å². The molecule has 19 heavy (non-hydrogen) atoms. The van der Waals surface area contributed by atoms with Crippen molar-refractivity contribution in [2.45, 2.75) is 18.4 Å². The summed E-state index contributed by atoms with van der Waals surface area (Å²) in [7, 11) is 0. The number of nitrogens with two attached hydrogens (primary N) is 2. The molecule has 2 aliphatic rings. The Morgan fingerprint density at radius 3 is 3.05 bits per heavy atom. The van der Waals surface area contributed by atoms with Crippen LogP contribution in [-0.2, 0) is 5.54 Å². The van der Waals surface area contributed by atoms with Gasteiger partial charge in [-0.1, -0.05) is 11.8 Å². The van der Waals surface area contributed by atoms with Crippen molar-refractivity contribution in [1.82, 2.24) is 0 Å². The van der Waals surface area contributed by atoms with Gasteiger partial charge in [0.15, 0.2) is 5.17 Å². The van der Waals surface area contributed by atoms with E-state index < -0.39 is 11.4 Å². The summed E-state index contributed by atoms with van der Waals surface area (Å²) in [6.07, 6.45) is 1.74. The number of hydrogen-bond donors (Lipinski definition) is 2. The lowest BCUT2D eigenvalue weighted by atomic mass is 9.98. The Morgan fingerprint density at radius 1 is 1.53 bits per heavy atom. The lowest BCUT2D eigenvalue weighted by molar-refractivity contribution is 0.1000. The molecular formula is C13H14FN3OS. The number of rotatable bonds is 2. The third-order valence-corrected chi connectivity index (χ3v) is 4.64. The molecule has 0 saturated heterocycles. The first-order chi connectivity index (χ1) is 9.03. The van der Waals surface area contributed by atoms with Gasteiger partial charge in [0.25, 0.3) is 0 Å². The number of nitrogens with zero attached hydrogens (tertiary/aromatic N) is 1. The number of hydrogen-bond acceptors (Lipinski definition) is 4. The number of carbonyl (C=O) groups excluding carboxylic acids is 1. The maximum Gasteiger partial charge on any atom is 0.248 e. The van der Waals surface area contributed by atoms with E-state index in [-0.39, 0.29) is 5.82 Å². The Morgan fingerprint density at radius 2 is 2.32 bits per heavy atom. The zero-order valence-corrected chi connectivity index (χ0v) is 11.0. The number of aliphatic imine (C=N–C) groups is 1. The summed E-state index contributed by atoms with van der Waals surface area (Å²) in [5.41, 5.74) is 11.2. The molecule has 0 radical (unpaired) electrons. The number of fused-ring (bicyclic) bond motifs is 1. The van der Waals surface area contributed by atoms with E-state index in [1.54, 1.807) is 0 Å². The average Bonchev–Trinajstić information content (AvgIpc) is 3.03. The van der Waals surface area contributed by atoms with Crippen molar-refractivity contribution in [3.05, 3.63) is 35.1 Å². The first kappa shape index (κ1) is 12.5. The fourth-order valence-electron chi connectivity index (χ4n) is 2.73. The van der Waals surface area contributed by atoms with Crippen LogP contribution in [0.15, 0.2) is 23.2 Å². The molecule has 1 aliphatic heterocycles. The molecule has 0 aromatic heterocycles. The molecule has 4 nitrogen and oxygen atoms in total. The third-order valence-electron chi connectivity index (χ3n) is 3.82. The number of amides is 1. The van der Waals surface area contributed by atoms with Crippen molar-refractivity contribution >= 4 is 22.8 Å². The van der Waals surface area contributed by atoms with Gasteiger partial charge in [-0.25, -0.2) is 4.39 Å². The van der Waals surface area contributed by atoms with Crippen molar-refractivity contribution in [3.63, 3.8) is 0 Å². The lowest BCUT2D eigenvalue weighted by Crippen LogP contribution is -2.17. The number of halogens is 1. The molecule has 2 atom stereocenters. The Kier molecular flexibility index (Phi) is 2.78. The SMILES string of the molecule is NC(=O)c1ccc(F)c([C@]23C[C@H]2CCSC(N)=N3)c1. The molecule has 1 aliphatic carbocycles. The number of thioether (sulfide) groups is 1. The second kappa shape index (κ2) is 4.23. The van der Waals surface area contributed by atoms with E-state index in [0.717, 1.165) is 18.6 Å². The molecule has 1 heterocycles. The molecule has 4 N–H and O–H groups in total. The van der Waals surface area contributed by atoms with Gasteiger partial charge in [-0.2, -0.15) is 0 Å². The van der Waals surface area contributed by atoms with Crippen molar-refractivity contribution < 1.29 is 9.18 Å². The van der Waals surface area contributed by atoms with Crippen molar-refractivity contribution in [1.29, 1.82) is 0 Å². The van der Waals surface area contributed by atoms with E-state index in [9.17, 15) is 9.18 Å². The summed E-state index contributed by atoms with van der Waals surface area (Å²) in [5, 5.41) is 0.490. The van der Waals surface area contributed by atoms with Crippen molar-refractivity contribution in [2.24, 2.45) is 22.4 Å². The summed E-state index contributed by atoms with van der Waals surface area (Å²) in [5.74, 6) is 0.295. The molecule has 1 aromatic carbocycles. The second-order valence-corrected chi connectivity index (χ2v) is 6.09. The highest BCUT2D eigenvalue weighted by Gasteiger charge is 2.57. The quantitative estimate of drug-likeness (QED) is 0.862. The van der Waals surface area contributed by atoms with Crippen LogP contribution in [0.25, 0.3) is 0 Å². The normalized spacial score (nSPS) is 29.1. The summed E-state index contributed by atoms with van der Waals surface area (Å²) in [4.78, 5) is 15.7. The molecule has 0 spiro atoms. The van der Waals surface area contributed by atoms with E-state index >= 15 is 0 Å². The zero-order valence-electron chi connectivity index (χ0n) is 10.2. The molecule has 1 aromatic rings. The minimum atomic E-state index is -0.580. The monoisotopic (exact) mass is 279 g/mol. The van der Waals surface area contributed by atoms with E-state index in [1.807, 2.05) is 0 Å². The average molecular weight is 279 g/mol. The van der Waals surface area contributed by atoms with Crippen LogP contribution in [0.2, 0.25) is 0 Å². The lowest BCUT2D eigenvalue weighted by Gasteiger charge is -2.14. The van der Waals surface area contributed by atoms with Crippen LogP contribution in [0.3, 0.4) is 0 Å². The summed E-state index contributed by atoms with van der Waals surface area (Å²) in [6.45, 7) is 0. The standard InChI is InChI=1S/C13H14FN3OS/c14-10-2-1-7(11(15)18)5-9(10)13-6-8(13)3-4-19-12(16)17-13/h1-2,5,8H,3-4,6H2,(H2,15,18)(H2,16,17)/t8-,13+/m1/s1. The molecule has 3 rings (SSSR count). The maximum atomic E-state index is 14.1. The minimum absolute atomic E-state index is 0.304. The molecule has 1 amide bonds. The number of primary amides is 1. The van der Waals surface area contributed by atoms with Gasteiger partial charge in [0.2, 0.25) is 5.91 Å². The van der Waals surface area contributed by atoms with E-state index in [4.69, 9.17) is 11.5 Å². The molecule has 0 bridgehead atoms. The van der Waals surface area contributed by atoms with Crippen LogP contribution >= 0.6 is 11.8 Å². The van der Waals surface area contributed by atoms with Crippen LogP contribution in [0, 0.1) is 11.7 Å². The van der Waals surface area contributed by atoms with Crippen LogP contribution in [0.5, 0.6) is 0 Å². The Labute approximate surface area is 114 Å². The maximum absolute atomic E-state index is 14.1. The predicted octanol–water partition coefficient (Wildman–Crippen LogP) is 1.59. The van der Waals surface area contributed by atoms with Crippen LogP contribution in [0.4, 0.5) is 4.39 Å². The molecule has 0 unspecified atom stereocenters. The number of amidine groups is 1. The summed E-state index contributed by atoms with van der Waals surface area (Å²) in [6, 6.07) is 4.20. The third kappa shape index (κ3) is 2.00. The first-order valence-corrected chi connectivity index (χ1v) is 7.09. The fraction of sp³-hybridized carbons (Fsp3) is 0.385. The molecule has 1 saturated carbocycles. The Balaban J connectivity index is 2.09. The summed E-state index contributed by atoms with van der Waals surface area (Å²) >= 11 is 1.50. The zero-order chi connectivity index (χ0) is 13.6. The predicted molar refractivity (Wildman–Crippen MR) is 73.4 cm³/mol. The van der Waals surface area contributed by atoms with Crippen LogP contribution < -0.4 is 11.5 Å². The van der Waals surface area contributed by atoms with Gasteiger partial charge in [-0.3, -0.25) is 9.79 Å². The van der Waals surface area contributed by atoms with E-state index in [1.165, 1.54) is 30.0 Å². The molecule has 6 heteroatoms. The van der Waals surface area contributed by atoms with Crippen LogP contribution in [-0.4, -0.2) is 16.8 Å². The topological polar surface area (TPSA) is 81.5 Å². The number of carbonyl (C=O) groups is 1. The van der Waals surface area contributed by atoms with Crippen LogP contribution in [0.1, 0.15) is 28.8 Å². The van der Waals surface area contributed by atoms with Gasteiger partial charge in [-0.15, -0.1) is 0 Å². The molecular weight excluding hydrogens is 265 g/mol. The highest BCUT2D eigenvalue weighted by molar-refractivity contribution is 8.13. The molecule has 1 fully saturated rings. The van der Waals surface area contributed by atoms with E-state index in [0.29, 0.717) is 22.2 Å². The minimum Gasteiger partial charge on any atom is -0.379 e. The summed E-state index contributed by atoms with van der Waals surface area (Å²) < 4.78 is 14.1. The largest absolute Gasteiger partial charge is 0.379 e. The van der Waals surface area contributed by atoms with Gasteiger partial charge >= 0.3 is 0 Å². The van der Waals surface area contributed by atoms with E-state index in [2.05, 4.69) is 4.99 Å². The fourth-order valence-corrected chi connectivity index (χ4v) is 3.57. The first-order valence-electron chi connectivity index (χ1n) is 6.11. The number of benzene rings is 1.